The zero-order valence-corrected chi connectivity index (χ0v) is 14.8. The third-order valence-corrected chi connectivity index (χ3v) is 5.98. The van der Waals surface area contributed by atoms with E-state index in [-0.39, 0.29) is 23.8 Å². The molecule has 26 heavy (non-hydrogen) atoms. The normalized spacial score (nSPS) is 18.7. The van der Waals surface area contributed by atoms with Gasteiger partial charge >= 0.3 is 0 Å². The summed E-state index contributed by atoms with van der Waals surface area (Å²) in [6.45, 7) is 0.265. The summed E-state index contributed by atoms with van der Waals surface area (Å²) >= 11 is 0. The number of rotatable bonds is 4. The average Bonchev–Trinajstić information content (AvgIpc) is 3.05. The summed E-state index contributed by atoms with van der Waals surface area (Å²) in [5.41, 5.74) is -0.138. The fourth-order valence-electron chi connectivity index (χ4n) is 2.85. The van der Waals surface area contributed by atoms with Crippen LogP contribution < -0.4 is 5.32 Å². The Kier molecular flexibility index (Phi) is 5.05. The van der Waals surface area contributed by atoms with Crippen LogP contribution in [0.4, 0.5) is 14.5 Å². The van der Waals surface area contributed by atoms with Crippen molar-refractivity contribution >= 4 is 21.6 Å². The highest BCUT2D eigenvalue weighted by molar-refractivity contribution is 7.89. The van der Waals surface area contributed by atoms with Gasteiger partial charge in [0.05, 0.1) is 17.9 Å². The molecule has 1 aliphatic heterocycles. The SMILES string of the molecule is Cn1cnc(S(=O)(=O)N2CCCC(C(=O)Nc3ccc(F)cc3F)C2)c1. The fraction of sp³-hybridized carbons (Fsp3) is 0.375. The topological polar surface area (TPSA) is 84.3 Å². The lowest BCUT2D eigenvalue weighted by molar-refractivity contribution is -0.120. The smallest absolute Gasteiger partial charge is 0.262 e. The largest absolute Gasteiger partial charge is 0.339 e. The molecular formula is C16H18F2N4O3S. The number of aromatic nitrogens is 2. The summed E-state index contributed by atoms with van der Waals surface area (Å²) in [5.74, 6) is -2.76. The minimum Gasteiger partial charge on any atom is -0.339 e. The Balaban J connectivity index is 1.72. The maximum atomic E-state index is 13.7. The first kappa shape index (κ1) is 18.5. The van der Waals surface area contributed by atoms with E-state index in [0.29, 0.717) is 18.9 Å². The molecule has 2 aromatic rings. The van der Waals surface area contributed by atoms with Gasteiger partial charge in [-0.2, -0.15) is 4.31 Å². The molecule has 1 fully saturated rings. The highest BCUT2D eigenvalue weighted by Crippen LogP contribution is 2.24. The monoisotopic (exact) mass is 384 g/mol. The van der Waals surface area contributed by atoms with E-state index in [9.17, 15) is 22.0 Å². The summed E-state index contributed by atoms with van der Waals surface area (Å²) < 4.78 is 54.7. The van der Waals surface area contributed by atoms with Crippen molar-refractivity contribution < 1.29 is 22.0 Å². The van der Waals surface area contributed by atoms with Crippen LogP contribution in [0.2, 0.25) is 0 Å². The molecule has 1 unspecified atom stereocenters. The van der Waals surface area contributed by atoms with Crippen LogP contribution in [0.1, 0.15) is 12.8 Å². The molecule has 1 amide bonds. The lowest BCUT2D eigenvalue weighted by Crippen LogP contribution is -2.43. The molecule has 0 bridgehead atoms. The van der Waals surface area contributed by atoms with Gasteiger partial charge in [0.15, 0.2) is 5.03 Å². The van der Waals surface area contributed by atoms with Crippen molar-refractivity contribution in [1.82, 2.24) is 13.9 Å². The molecule has 140 valence electrons. The number of halogens is 2. The number of benzene rings is 1. The number of nitrogens with zero attached hydrogens (tertiary/aromatic N) is 3. The zero-order chi connectivity index (χ0) is 18.9. The lowest BCUT2D eigenvalue weighted by atomic mass is 9.98. The molecule has 0 radical (unpaired) electrons. The predicted octanol–water partition coefficient (Wildman–Crippen LogP) is 1.74. The first-order valence-corrected chi connectivity index (χ1v) is 9.45. The summed E-state index contributed by atoms with van der Waals surface area (Å²) in [7, 11) is -2.13. The number of hydrogen-bond donors (Lipinski definition) is 1. The van der Waals surface area contributed by atoms with E-state index in [0.717, 1.165) is 12.1 Å². The fourth-order valence-corrected chi connectivity index (χ4v) is 4.34. The van der Waals surface area contributed by atoms with Gasteiger partial charge in [-0.3, -0.25) is 4.79 Å². The number of anilines is 1. The Labute approximate surface area is 149 Å². The number of carbonyl (C=O) groups is 1. The summed E-state index contributed by atoms with van der Waals surface area (Å²) in [5, 5.41) is 2.32. The summed E-state index contributed by atoms with van der Waals surface area (Å²) in [6, 6.07) is 2.85. The van der Waals surface area contributed by atoms with Crippen LogP contribution in [-0.4, -0.2) is 41.3 Å². The molecule has 1 atom stereocenters. The van der Waals surface area contributed by atoms with Crippen molar-refractivity contribution in [3.05, 3.63) is 42.4 Å². The van der Waals surface area contributed by atoms with Gasteiger partial charge in [0.25, 0.3) is 10.0 Å². The highest BCUT2D eigenvalue weighted by Gasteiger charge is 2.34. The Bertz CT molecular complexity index is 929. The third-order valence-electron chi connectivity index (χ3n) is 4.23. The van der Waals surface area contributed by atoms with E-state index in [4.69, 9.17) is 0 Å². The molecule has 1 N–H and O–H groups in total. The Morgan fingerprint density at radius 1 is 1.35 bits per heavy atom. The van der Waals surface area contributed by atoms with Crippen LogP contribution in [0.5, 0.6) is 0 Å². The minimum atomic E-state index is -3.80. The maximum Gasteiger partial charge on any atom is 0.262 e. The van der Waals surface area contributed by atoms with Crippen LogP contribution >= 0.6 is 0 Å². The van der Waals surface area contributed by atoms with E-state index in [1.807, 2.05) is 0 Å². The van der Waals surface area contributed by atoms with Gasteiger partial charge in [-0.15, -0.1) is 0 Å². The Hall–Kier alpha value is -2.33. The van der Waals surface area contributed by atoms with Crippen molar-refractivity contribution in [2.24, 2.45) is 13.0 Å². The quantitative estimate of drug-likeness (QED) is 0.870. The molecule has 1 aromatic heterocycles. The number of nitrogens with one attached hydrogen (secondary N) is 1. The second kappa shape index (κ2) is 7.12. The number of piperidine rings is 1. The minimum absolute atomic E-state index is 0.0203. The van der Waals surface area contributed by atoms with Gasteiger partial charge in [-0.1, -0.05) is 0 Å². The number of sulfonamides is 1. The Morgan fingerprint density at radius 3 is 2.77 bits per heavy atom. The number of aryl methyl sites for hydroxylation is 1. The van der Waals surface area contributed by atoms with Crippen LogP contribution in [0.25, 0.3) is 0 Å². The van der Waals surface area contributed by atoms with Crippen molar-refractivity contribution in [1.29, 1.82) is 0 Å². The number of imidazole rings is 1. The van der Waals surface area contributed by atoms with Gasteiger partial charge in [0.2, 0.25) is 5.91 Å². The highest BCUT2D eigenvalue weighted by atomic mass is 32.2. The molecule has 1 saturated heterocycles. The molecule has 1 aromatic carbocycles. The van der Waals surface area contributed by atoms with E-state index >= 15 is 0 Å². The zero-order valence-electron chi connectivity index (χ0n) is 14.0. The number of hydrogen-bond acceptors (Lipinski definition) is 4. The van der Waals surface area contributed by atoms with Crippen molar-refractivity contribution in [3.63, 3.8) is 0 Å². The molecule has 0 saturated carbocycles. The Morgan fingerprint density at radius 2 is 2.12 bits per heavy atom. The summed E-state index contributed by atoms with van der Waals surface area (Å²) in [4.78, 5) is 16.3. The van der Waals surface area contributed by atoms with E-state index in [2.05, 4.69) is 10.3 Å². The second-order valence-corrected chi connectivity index (χ2v) is 8.08. The summed E-state index contributed by atoms with van der Waals surface area (Å²) in [6.07, 6.45) is 3.75. The molecule has 1 aliphatic rings. The van der Waals surface area contributed by atoms with Gasteiger partial charge < -0.3 is 9.88 Å². The van der Waals surface area contributed by atoms with Crippen molar-refractivity contribution in [2.45, 2.75) is 17.9 Å². The number of amides is 1. The maximum absolute atomic E-state index is 13.7. The van der Waals surface area contributed by atoms with Gasteiger partial charge in [-0.05, 0) is 25.0 Å². The molecule has 0 spiro atoms. The van der Waals surface area contributed by atoms with Gasteiger partial charge in [0.1, 0.15) is 11.6 Å². The second-order valence-electron chi connectivity index (χ2n) is 6.19. The van der Waals surface area contributed by atoms with Crippen molar-refractivity contribution in [2.75, 3.05) is 18.4 Å². The van der Waals surface area contributed by atoms with E-state index in [1.54, 1.807) is 7.05 Å². The first-order valence-electron chi connectivity index (χ1n) is 8.01. The third kappa shape index (κ3) is 3.75. The molecule has 3 rings (SSSR count). The van der Waals surface area contributed by atoms with Crippen LogP contribution in [0.15, 0.2) is 35.7 Å². The average molecular weight is 384 g/mol. The van der Waals surface area contributed by atoms with Gasteiger partial charge in [-0.25, -0.2) is 22.2 Å². The predicted molar refractivity (Wildman–Crippen MR) is 89.7 cm³/mol. The number of carbonyl (C=O) groups excluding carboxylic acids is 1. The van der Waals surface area contributed by atoms with Gasteiger partial charge in [0, 0.05) is 32.4 Å². The first-order chi connectivity index (χ1) is 12.3. The molecule has 2 heterocycles. The molecule has 0 aliphatic carbocycles. The molecule has 7 nitrogen and oxygen atoms in total. The van der Waals surface area contributed by atoms with Crippen LogP contribution in [-0.2, 0) is 21.9 Å². The lowest BCUT2D eigenvalue weighted by Gasteiger charge is -2.30. The van der Waals surface area contributed by atoms with E-state index in [1.165, 1.54) is 21.4 Å². The molecule has 10 heteroatoms. The standard InChI is InChI=1S/C16H18F2N4O3S/c1-21-9-15(19-10-21)26(24,25)22-6-2-3-11(8-22)16(23)20-14-5-4-12(17)7-13(14)18/h4-5,7,9-11H,2-3,6,8H2,1H3,(H,20,23). The van der Waals surface area contributed by atoms with Crippen LogP contribution in [0, 0.1) is 17.6 Å². The van der Waals surface area contributed by atoms with Crippen LogP contribution in [0.3, 0.4) is 0 Å². The molecular weight excluding hydrogens is 366 g/mol. The van der Waals surface area contributed by atoms with E-state index < -0.39 is 33.5 Å². The van der Waals surface area contributed by atoms with Crippen molar-refractivity contribution in [3.8, 4) is 0 Å².